The lowest BCUT2D eigenvalue weighted by Crippen LogP contribution is -2.53. The van der Waals surface area contributed by atoms with Crippen LogP contribution in [0.2, 0.25) is 0 Å². The van der Waals surface area contributed by atoms with E-state index in [-0.39, 0.29) is 17.2 Å². The Balaban J connectivity index is 1.41. The van der Waals surface area contributed by atoms with Gasteiger partial charge in [0, 0.05) is 54.5 Å². The van der Waals surface area contributed by atoms with E-state index in [4.69, 9.17) is 4.74 Å². The topological polar surface area (TPSA) is 68.8 Å². The molecule has 2 aliphatic heterocycles. The number of nitrogens with one attached hydrogen (secondary N) is 1. The fourth-order valence-electron chi connectivity index (χ4n) is 6.35. The van der Waals surface area contributed by atoms with Gasteiger partial charge >= 0.3 is 0 Å². The van der Waals surface area contributed by atoms with Gasteiger partial charge in [-0.1, -0.05) is 18.6 Å². The average Bonchev–Trinajstić information content (AvgIpc) is 3.23. The van der Waals surface area contributed by atoms with Crippen molar-refractivity contribution in [3.05, 3.63) is 71.4 Å². The van der Waals surface area contributed by atoms with Crippen molar-refractivity contribution in [2.24, 2.45) is 5.92 Å². The van der Waals surface area contributed by atoms with Crippen LogP contribution in [0.3, 0.4) is 0 Å². The third-order valence-corrected chi connectivity index (χ3v) is 8.50. The number of hydrogen-bond acceptors (Lipinski definition) is 4. The number of piperidine rings is 1. The first kappa shape index (κ1) is 23.0. The van der Waals surface area contributed by atoms with E-state index in [2.05, 4.69) is 20.9 Å². The van der Waals surface area contributed by atoms with Crippen molar-refractivity contribution in [1.29, 1.82) is 0 Å². The van der Waals surface area contributed by atoms with Crippen molar-refractivity contribution in [2.75, 3.05) is 26.7 Å². The van der Waals surface area contributed by atoms with Crippen molar-refractivity contribution in [3.63, 3.8) is 0 Å². The number of nitrogens with zero attached hydrogens (tertiary/aromatic N) is 2. The first-order valence-electron chi connectivity index (χ1n) is 12.8. The van der Waals surface area contributed by atoms with Crippen LogP contribution in [0.5, 0.6) is 5.75 Å². The fraction of sp³-hybridized carbons (Fsp3) is 0.414. The number of aromatic amines is 1. The van der Waals surface area contributed by atoms with Gasteiger partial charge < -0.3 is 24.6 Å². The molecule has 0 unspecified atom stereocenters. The highest BCUT2D eigenvalue weighted by molar-refractivity contribution is 5.92. The predicted molar refractivity (Wildman–Crippen MR) is 137 cm³/mol. The summed E-state index contributed by atoms with van der Waals surface area (Å²) >= 11 is 0. The summed E-state index contributed by atoms with van der Waals surface area (Å²) in [7, 11) is 1.65. The number of carbonyl (C=O) groups is 1. The molecule has 0 atom stereocenters. The van der Waals surface area contributed by atoms with E-state index in [1.165, 1.54) is 11.6 Å². The van der Waals surface area contributed by atoms with Gasteiger partial charge in [-0.3, -0.25) is 4.79 Å². The van der Waals surface area contributed by atoms with Gasteiger partial charge in [0.1, 0.15) is 17.8 Å². The predicted octanol–water partition coefficient (Wildman–Crippen LogP) is 5.35. The summed E-state index contributed by atoms with van der Waals surface area (Å²) in [5.74, 6) is 1.01. The number of fused-ring (bicyclic) bond motifs is 4. The zero-order chi connectivity index (χ0) is 24.9. The zero-order valence-corrected chi connectivity index (χ0v) is 20.6. The number of ether oxygens (including phenoxy) is 1. The Kier molecular flexibility index (Phi) is 5.66. The molecular weight excluding hydrogens is 457 g/mol. The van der Waals surface area contributed by atoms with Crippen LogP contribution in [0.15, 0.2) is 48.7 Å². The van der Waals surface area contributed by atoms with Crippen LogP contribution in [0.25, 0.3) is 16.6 Å². The Bertz CT molecular complexity index is 1330. The zero-order valence-electron chi connectivity index (χ0n) is 20.6. The van der Waals surface area contributed by atoms with Crippen molar-refractivity contribution >= 4 is 22.5 Å². The molecule has 3 heterocycles. The van der Waals surface area contributed by atoms with E-state index < -0.39 is 0 Å². The van der Waals surface area contributed by atoms with E-state index in [1.807, 2.05) is 18.2 Å². The molecule has 1 spiro atoms. The lowest BCUT2D eigenvalue weighted by Gasteiger charge is -2.49. The van der Waals surface area contributed by atoms with Gasteiger partial charge in [0.05, 0.1) is 18.5 Å². The minimum absolute atomic E-state index is 0.196. The van der Waals surface area contributed by atoms with Gasteiger partial charge in [-0.2, -0.15) is 0 Å². The minimum atomic E-state index is -0.269. The number of halogens is 1. The Morgan fingerprint density at radius 2 is 2.03 bits per heavy atom. The minimum Gasteiger partial charge on any atom is -0.513 e. The highest BCUT2D eigenvalue weighted by Gasteiger charge is 2.47. The molecule has 6 rings (SSSR count). The van der Waals surface area contributed by atoms with E-state index in [0.717, 1.165) is 79.4 Å². The Hall–Kier alpha value is -3.48. The van der Waals surface area contributed by atoms with E-state index >= 15 is 0 Å². The maximum Gasteiger partial charge on any atom is 0.225 e. The standard InChI is InChI=1S/C29H32FN3O3/c1-36-22-8-9-23-24(15-22)31-27-25(17-34)33(16-19-4-2-7-21(30)14-19)18-29(26(23)27)10-12-32(13-11-29)28(35)20-5-3-6-20/h2,4,7-9,14-15,17,20,31,34H,3,5-6,10-13,16,18H2,1H3/b25-17-. The monoisotopic (exact) mass is 489 g/mol. The number of hydrogen-bond donors (Lipinski definition) is 2. The van der Waals surface area contributed by atoms with E-state index in [0.29, 0.717) is 24.7 Å². The molecule has 0 bridgehead atoms. The summed E-state index contributed by atoms with van der Waals surface area (Å²) in [6.45, 7) is 2.62. The molecule has 1 saturated carbocycles. The number of likely N-dealkylation sites (tertiary alicyclic amines) is 1. The molecule has 3 aliphatic rings. The smallest absolute Gasteiger partial charge is 0.225 e. The Morgan fingerprint density at radius 1 is 1.22 bits per heavy atom. The second-order valence-corrected chi connectivity index (χ2v) is 10.5. The van der Waals surface area contributed by atoms with E-state index in [9.17, 15) is 14.3 Å². The molecule has 1 aliphatic carbocycles. The molecule has 1 saturated heterocycles. The molecule has 1 aromatic heterocycles. The normalized spacial score (nSPS) is 20.6. The van der Waals surface area contributed by atoms with Gasteiger partial charge in [-0.25, -0.2) is 4.39 Å². The Labute approximate surface area is 210 Å². The summed E-state index contributed by atoms with van der Waals surface area (Å²) in [5.41, 5.74) is 4.40. The van der Waals surface area contributed by atoms with Gasteiger partial charge in [-0.15, -0.1) is 0 Å². The van der Waals surface area contributed by atoms with Crippen molar-refractivity contribution in [3.8, 4) is 5.75 Å². The maximum absolute atomic E-state index is 14.0. The summed E-state index contributed by atoms with van der Waals surface area (Å²) in [6.07, 6.45) is 6.03. The fourth-order valence-corrected chi connectivity index (χ4v) is 6.35. The highest BCUT2D eigenvalue weighted by Crippen LogP contribution is 2.49. The van der Waals surface area contributed by atoms with Crippen LogP contribution in [0.4, 0.5) is 4.39 Å². The quantitative estimate of drug-likeness (QED) is 0.485. The van der Waals surface area contributed by atoms with Crippen LogP contribution in [-0.4, -0.2) is 52.5 Å². The van der Waals surface area contributed by atoms with Gasteiger partial charge in [0.2, 0.25) is 5.91 Å². The Morgan fingerprint density at radius 3 is 2.69 bits per heavy atom. The maximum atomic E-state index is 14.0. The highest BCUT2D eigenvalue weighted by atomic mass is 19.1. The second kappa shape index (κ2) is 8.87. The number of amides is 1. The van der Waals surface area contributed by atoms with Crippen molar-refractivity contribution in [2.45, 2.75) is 44.1 Å². The first-order chi connectivity index (χ1) is 17.5. The average molecular weight is 490 g/mol. The summed E-state index contributed by atoms with van der Waals surface area (Å²) < 4.78 is 19.4. The number of aromatic nitrogens is 1. The summed E-state index contributed by atoms with van der Waals surface area (Å²) in [6, 6.07) is 12.7. The van der Waals surface area contributed by atoms with Crippen LogP contribution in [0, 0.1) is 11.7 Å². The molecule has 0 radical (unpaired) electrons. The molecule has 1 amide bonds. The third-order valence-electron chi connectivity index (χ3n) is 8.50. The molecule has 2 fully saturated rings. The van der Waals surface area contributed by atoms with Gasteiger partial charge in [0.25, 0.3) is 0 Å². The lowest BCUT2D eigenvalue weighted by atomic mass is 9.68. The number of methoxy groups -OCH3 is 1. The molecule has 7 heteroatoms. The molecule has 6 nitrogen and oxygen atoms in total. The van der Waals surface area contributed by atoms with Crippen LogP contribution < -0.4 is 4.74 Å². The number of rotatable bonds is 4. The molecule has 2 N–H and O–H groups in total. The first-order valence-corrected chi connectivity index (χ1v) is 12.8. The second-order valence-electron chi connectivity index (χ2n) is 10.5. The van der Waals surface area contributed by atoms with Crippen molar-refractivity contribution in [1.82, 2.24) is 14.8 Å². The number of carbonyl (C=O) groups excluding carboxylic acids is 1. The summed E-state index contributed by atoms with van der Waals surface area (Å²) in [4.78, 5) is 20.7. The largest absolute Gasteiger partial charge is 0.513 e. The molecule has 188 valence electrons. The van der Waals surface area contributed by atoms with Gasteiger partial charge in [-0.05, 0) is 61.1 Å². The molecule has 36 heavy (non-hydrogen) atoms. The van der Waals surface area contributed by atoms with E-state index in [1.54, 1.807) is 19.2 Å². The van der Waals surface area contributed by atoms with Crippen LogP contribution in [0.1, 0.15) is 48.9 Å². The molecule has 2 aromatic carbocycles. The van der Waals surface area contributed by atoms with Crippen LogP contribution in [-0.2, 0) is 16.8 Å². The summed E-state index contributed by atoms with van der Waals surface area (Å²) in [5, 5.41) is 11.5. The third kappa shape index (κ3) is 3.72. The number of aliphatic hydroxyl groups excluding tert-OH is 1. The van der Waals surface area contributed by atoms with Crippen molar-refractivity contribution < 1.29 is 19.0 Å². The molecular formula is C29H32FN3O3. The number of H-pyrrole nitrogens is 1. The SMILES string of the molecule is COc1ccc2c3c([nH]c2c1)/C(=C/O)N(Cc1cccc(F)c1)CC31CCN(C(=O)C2CCC2)CC1. The number of benzene rings is 2. The number of aliphatic hydroxyl groups is 1. The molecule has 3 aromatic rings. The lowest BCUT2D eigenvalue weighted by molar-refractivity contribution is -0.140. The van der Waals surface area contributed by atoms with Crippen LogP contribution >= 0.6 is 0 Å². The van der Waals surface area contributed by atoms with Gasteiger partial charge in [0.15, 0.2) is 0 Å².